The first-order chi connectivity index (χ1) is 17.1. The summed E-state index contributed by atoms with van der Waals surface area (Å²) >= 11 is 1.57. The lowest BCUT2D eigenvalue weighted by molar-refractivity contribution is -0.144. The Bertz CT molecular complexity index is 930. The number of nitrogens with two attached hydrogens (primary N) is 1. The maximum Gasteiger partial charge on any atom is 0.326 e. The predicted molar refractivity (Wildman–Crippen MR) is 134 cm³/mol. The van der Waals surface area contributed by atoms with Gasteiger partial charge in [0.1, 0.15) is 18.1 Å². The highest BCUT2D eigenvalue weighted by Crippen LogP contribution is 2.20. The predicted octanol–water partition coefficient (Wildman–Crippen LogP) is 0.220. The molecule has 0 bridgehead atoms. The van der Waals surface area contributed by atoms with Gasteiger partial charge < -0.3 is 31.5 Å². The summed E-state index contributed by atoms with van der Waals surface area (Å²) in [4.78, 5) is 63.0. The number of likely N-dealkylation sites (tertiary alicyclic amines) is 1. The Balaban J connectivity index is 2.16. The van der Waals surface area contributed by atoms with Crippen molar-refractivity contribution < 1.29 is 34.2 Å². The van der Waals surface area contributed by atoms with E-state index in [9.17, 15) is 29.1 Å². The van der Waals surface area contributed by atoms with Crippen LogP contribution in [0.1, 0.15) is 37.7 Å². The third-order valence-electron chi connectivity index (χ3n) is 5.97. The van der Waals surface area contributed by atoms with Gasteiger partial charge >= 0.3 is 11.9 Å². The van der Waals surface area contributed by atoms with E-state index in [1.807, 2.05) is 6.26 Å². The lowest BCUT2D eigenvalue weighted by atomic mass is 10.0. The van der Waals surface area contributed by atoms with Crippen molar-refractivity contribution in [1.29, 1.82) is 0 Å². The number of nitrogens with one attached hydrogen (secondary N) is 2. The number of aliphatic carboxylic acids is 2. The molecule has 4 atom stereocenters. The fourth-order valence-electron chi connectivity index (χ4n) is 4.01. The van der Waals surface area contributed by atoms with Crippen LogP contribution in [-0.4, -0.2) is 87.5 Å². The molecule has 0 radical (unpaired) electrons. The summed E-state index contributed by atoms with van der Waals surface area (Å²) in [5.41, 5.74) is 6.76. The molecule has 36 heavy (non-hydrogen) atoms. The first-order valence-electron chi connectivity index (χ1n) is 11.8. The molecule has 1 aliphatic heterocycles. The van der Waals surface area contributed by atoms with Gasteiger partial charge in [-0.05, 0) is 43.3 Å². The first-order valence-corrected chi connectivity index (χ1v) is 13.2. The minimum atomic E-state index is -1.43. The summed E-state index contributed by atoms with van der Waals surface area (Å²) in [6, 6.07) is 4.80. The van der Waals surface area contributed by atoms with Crippen LogP contribution in [0.25, 0.3) is 0 Å². The van der Waals surface area contributed by atoms with Gasteiger partial charge in [-0.25, -0.2) is 4.79 Å². The Morgan fingerprint density at radius 2 is 1.78 bits per heavy atom. The molecule has 1 aromatic carbocycles. The fraction of sp³-hybridized carbons (Fsp3) is 0.542. The molecular weight excluding hydrogens is 488 g/mol. The maximum absolute atomic E-state index is 13.2. The van der Waals surface area contributed by atoms with E-state index in [0.717, 1.165) is 5.56 Å². The Hall–Kier alpha value is -3.12. The van der Waals surface area contributed by atoms with E-state index in [-0.39, 0.29) is 18.7 Å². The number of carboxylic acids is 2. The van der Waals surface area contributed by atoms with E-state index in [1.165, 1.54) is 4.90 Å². The van der Waals surface area contributed by atoms with E-state index in [2.05, 4.69) is 10.6 Å². The van der Waals surface area contributed by atoms with Crippen LogP contribution >= 0.6 is 11.8 Å². The number of nitrogens with zero attached hydrogens (tertiary/aromatic N) is 1. The Kier molecular flexibility index (Phi) is 11.7. The molecule has 12 heteroatoms. The largest absolute Gasteiger partial charge is 0.481 e. The number of hydrogen-bond donors (Lipinski definition) is 5. The Morgan fingerprint density at radius 1 is 1.08 bits per heavy atom. The van der Waals surface area contributed by atoms with Crippen molar-refractivity contribution in [1.82, 2.24) is 15.5 Å². The monoisotopic (exact) mass is 522 g/mol. The zero-order valence-electron chi connectivity index (χ0n) is 20.2. The second-order valence-electron chi connectivity index (χ2n) is 8.66. The Morgan fingerprint density at radius 3 is 2.39 bits per heavy atom. The molecule has 0 aromatic heterocycles. The van der Waals surface area contributed by atoms with Gasteiger partial charge in [0.15, 0.2) is 0 Å². The van der Waals surface area contributed by atoms with Crippen molar-refractivity contribution in [3.8, 4) is 0 Å². The molecule has 198 valence electrons. The molecule has 2 rings (SSSR count). The van der Waals surface area contributed by atoms with Gasteiger partial charge in [-0.2, -0.15) is 11.8 Å². The molecular formula is C24H34N4O7S. The topological polar surface area (TPSA) is 179 Å². The number of amides is 3. The minimum absolute atomic E-state index is 0.0809. The average Bonchev–Trinajstić information content (AvgIpc) is 3.34. The molecule has 1 aromatic rings. The van der Waals surface area contributed by atoms with Crippen LogP contribution in [0.3, 0.4) is 0 Å². The van der Waals surface area contributed by atoms with Gasteiger partial charge in [-0.15, -0.1) is 0 Å². The highest BCUT2D eigenvalue weighted by Gasteiger charge is 2.38. The molecule has 1 aliphatic rings. The van der Waals surface area contributed by atoms with Crippen molar-refractivity contribution >= 4 is 41.4 Å². The van der Waals surface area contributed by atoms with Crippen molar-refractivity contribution in [3.05, 3.63) is 35.9 Å². The minimum Gasteiger partial charge on any atom is -0.481 e. The first kappa shape index (κ1) is 29.1. The molecule has 1 saturated heterocycles. The average molecular weight is 523 g/mol. The normalized spacial score (nSPS) is 17.6. The number of hydrogen-bond acceptors (Lipinski definition) is 7. The highest BCUT2D eigenvalue weighted by atomic mass is 32.2. The lowest BCUT2D eigenvalue weighted by Crippen LogP contribution is -2.57. The van der Waals surface area contributed by atoms with E-state index in [0.29, 0.717) is 31.6 Å². The van der Waals surface area contributed by atoms with Gasteiger partial charge in [0, 0.05) is 19.4 Å². The zero-order chi connectivity index (χ0) is 26.7. The second kappa shape index (κ2) is 14.4. The molecule has 3 amide bonds. The van der Waals surface area contributed by atoms with Crippen LogP contribution in [0.5, 0.6) is 0 Å². The Labute approximate surface area is 214 Å². The van der Waals surface area contributed by atoms with Gasteiger partial charge in [0.2, 0.25) is 17.7 Å². The maximum atomic E-state index is 13.2. The summed E-state index contributed by atoms with van der Waals surface area (Å²) in [6.07, 6.45) is 2.77. The van der Waals surface area contributed by atoms with Crippen LogP contribution in [-0.2, 0) is 30.4 Å². The van der Waals surface area contributed by atoms with Crippen LogP contribution in [0.2, 0.25) is 0 Å². The van der Waals surface area contributed by atoms with Crippen molar-refractivity contribution in [2.24, 2.45) is 5.73 Å². The van der Waals surface area contributed by atoms with Crippen LogP contribution < -0.4 is 16.4 Å². The summed E-state index contributed by atoms with van der Waals surface area (Å²) in [5.74, 6) is -3.44. The number of carbonyl (C=O) groups excluding carboxylic acids is 3. The molecule has 0 spiro atoms. The summed E-state index contributed by atoms with van der Waals surface area (Å²) in [5, 5.41) is 23.3. The SMILES string of the molecule is CSCCC(N)C(=O)N1CCCC1C(=O)NC(Cc1ccccc1)C(=O)NC(CCC(=O)O)C(=O)O. The third-order valence-corrected chi connectivity index (χ3v) is 6.61. The second-order valence-corrected chi connectivity index (χ2v) is 9.65. The molecule has 0 aliphatic carbocycles. The van der Waals surface area contributed by atoms with Crippen molar-refractivity contribution in [3.63, 3.8) is 0 Å². The fourth-order valence-corrected chi connectivity index (χ4v) is 4.50. The van der Waals surface area contributed by atoms with Gasteiger partial charge in [0.25, 0.3) is 0 Å². The van der Waals surface area contributed by atoms with Gasteiger partial charge in [-0.3, -0.25) is 19.2 Å². The molecule has 6 N–H and O–H groups in total. The lowest BCUT2D eigenvalue weighted by Gasteiger charge is -2.28. The van der Waals surface area contributed by atoms with E-state index in [1.54, 1.807) is 42.1 Å². The third kappa shape index (κ3) is 8.83. The van der Waals surface area contributed by atoms with E-state index >= 15 is 0 Å². The molecule has 0 saturated carbocycles. The zero-order valence-corrected chi connectivity index (χ0v) is 21.0. The summed E-state index contributed by atoms with van der Waals surface area (Å²) in [6.45, 7) is 0.385. The van der Waals surface area contributed by atoms with E-state index in [4.69, 9.17) is 10.8 Å². The molecule has 11 nitrogen and oxygen atoms in total. The van der Waals surface area contributed by atoms with Gasteiger partial charge in [0.05, 0.1) is 6.04 Å². The van der Waals surface area contributed by atoms with E-state index < -0.39 is 54.3 Å². The van der Waals surface area contributed by atoms with Crippen molar-refractivity contribution in [2.75, 3.05) is 18.6 Å². The number of benzene rings is 1. The molecule has 1 heterocycles. The highest BCUT2D eigenvalue weighted by molar-refractivity contribution is 7.98. The van der Waals surface area contributed by atoms with Crippen molar-refractivity contribution in [2.45, 2.75) is 62.7 Å². The quantitative estimate of drug-likeness (QED) is 0.228. The summed E-state index contributed by atoms with van der Waals surface area (Å²) in [7, 11) is 0. The number of carboxylic acid groups (broad SMARTS) is 2. The standard InChI is InChI=1S/C24H34N4O7S/c1-36-13-11-16(25)23(33)28-12-5-8-19(28)22(32)27-18(14-15-6-3-2-4-7-15)21(31)26-17(24(34)35)9-10-20(29)30/h2-4,6-7,16-19H,5,8-14,25H2,1H3,(H,26,31)(H,27,32)(H,29,30)(H,34,35). The van der Waals surface area contributed by atoms with Crippen LogP contribution in [0, 0.1) is 0 Å². The summed E-state index contributed by atoms with van der Waals surface area (Å²) < 4.78 is 0. The van der Waals surface area contributed by atoms with Gasteiger partial charge in [-0.1, -0.05) is 30.3 Å². The number of carbonyl (C=O) groups is 5. The number of rotatable bonds is 14. The smallest absolute Gasteiger partial charge is 0.326 e. The van der Waals surface area contributed by atoms with Crippen LogP contribution in [0.4, 0.5) is 0 Å². The molecule has 1 fully saturated rings. The number of thioether (sulfide) groups is 1. The molecule has 4 unspecified atom stereocenters. The van der Waals surface area contributed by atoms with Crippen LogP contribution in [0.15, 0.2) is 30.3 Å².